The van der Waals surface area contributed by atoms with Crippen LogP contribution in [0.5, 0.6) is 0 Å². The van der Waals surface area contributed by atoms with Crippen molar-refractivity contribution in [3.05, 3.63) is 57.8 Å². The highest BCUT2D eigenvalue weighted by Crippen LogP contribution is 2.34. The molecule has 4 nitrogen and oxygen atoms in total. The zero-order valence-corrected chi connectivity index (χ0v) is 11.9. The van der Waals surface area contributed by atoms with Crippen molar-refractivity contribution in [1.29, 1.82) is 0 Å². The zero-order valence-electron chi connectivity index (χ0n) is 11.1. The highest BCUT2D eigenvalue weighted by atomic mass is 32.1. The number of carbonyl (C=O) groups is 1. The quantitative estimate of drug-likeness (QED) is 0.905. The van der Waals surface area contributed by atoms with Crippen LogP contribution in [0.2, 0.25) is 0 Å². The van der Waals surface area contributed by atoms with E-state index in [9.17, 15) is 4.79 Å². The van der Waals surface area contributed by atoms with E-state index in [4.69, 9.17) is 5.73 Å². The molecule has 1 aliphatic rings. The monoisotopic (exact) mass is 285 g/mol. The molecular weight excluding hydrogens is 270 g/mol. The number of carbonyl (C=O) groups excluding carboxylic acids is 1. The molecule has 102 valence electrons. The highest BCUT2D eigenvalue weighted by Gasteiger charge is 2.45. The summed E-state index contributed by atoms with van der Waals surface area (Å²) in [6.07, 6.45) is 0.528. The summed E-state index contributed by atoms with van der Waals surface area (Å²) in [5, 5.41) is 4.62. The van der Waals surface area contributed by atoms with E-state index in [2.05, 4.69) is 10.3 Å². The summed E-state index contributed by atoms with van der Waals surface area (Å²) in [5.74, 6) is 0.0272. The molecule has 0 fully saturated rings. The van der Waals surface area contributed by atoms with Gasteiger partial charge in [0.2, 0.25) is 0 Å². The summed E-state index contributed by atoms with van der Waals surface area (Å²) in [7, 11) is 0. The number of amides is 1. The number of benzene rings is 1. The molecule has 3 rings (SSSR count). The van der Waals surface area contributed by atoms with Gasteiger partial charge >= 0.3 is 0 Å². The molecule has 0 aliphatic carbocycles. The van der Waals surface area contributed by atoms with E-state index in [-0.39, 0.29) is 11.9 Å². The third kappa shape index (κ3) is 2.10. The van der Waals surface area contributed by atoms with Gasteiger partial charge in [-0.25, -0.2) is 4.99 Å². The number of thiophene rings is 1. The second kappa shape index (κ2) is 4.76. The van der Waals surface area contributed by atoms with Crippen LogP contribution in [-0.2, 0) is 16.8 Å². The van der Waals surface area contributed by atoms with Crippen molar-refractivity contribution in [1.82, 2.24) is 5.32 Å². The van der Waals surface area contributed by atoms with Crippen LogP contribution < -0.4 is 11.1 Å². The summed E-state index contributed by atoms with van der Waals surface area (Å²) >= 11 is 1.62. The lowest BCUT2D eigenvalue weighted by molar-refractivity contribution is -0.124. The van der Waals surface area contributed by atoms with Crippen LogP contribution in [-0.4, -0.2) is 11.9 Å². The topological polar surface area (TPSA) is 67.5 Å². The average molecular weight is 285 g/mol. The molecule has 1 aromatic heterocycles. The third-order valence-corrected chi connectivity index (χ3v) is 4.34. The van der Waals surface area contributed by atoms with Crippen LogP contribution in [0.1, 0.15) is 16.0 Å². The van der Waals surface area contributed by atoms with Crippen molar-refractivity contribution in [3.63, 3.8) is 0 Å². The molecule has 1 atom stereocenters. The van der Waals surface area contributed by atoms with Gasteiger partial charge in [-0.15, -0.1) is 11.3 Å². The second-order valence-electron chi connectivity index (χ2n) is 4.93. The fourth-order valence-electron chi connectivity index (χ4n) is 2.42. The minimum Gasteiger partial charge on any atom is -0.370 e. The first-order chi connectivity index (χ1) is 9.60. The first-order valence-corrected chi connectivity index (χ1v) is 7.24. The summed E-state index contributed by atoms with van der Waals surface area (Å²) in [4.78, 5) is 17.9. The van der Waals surface area contributed by atoms with Crippen molar-refractivity contribution in [3.8, 4) is 0 Å². The van der Waals surface area contributed by atoms with E-state index in [0.717, 1.165) is 16.0 Å². The molecule has 0 saturated heterocycles. The Balaban J connectivity index is 2.08. The zero-order chi connectivity index (χ0) is 14.2. The maximum absolute atomic E-state index is 12.4. The Morgan fingerprint density at radius 3 is 2.60 bits per heavy atom. The smallest absolute Gasteiger partial charge is 0.259 e. The number of hydrogen-bond acceptors (Lipinski definition) is 4. The van der Waals surface area contributed by atoms with Gasteiger partial charge in [-0.1, -0.05) is 35.9 Å². The minimum atomic E-state index is -0.942. The first kappa shape index (κ1) is 12.9. The number of nitrogens with one attached hydrogen (secondary N) is 1. The number of guanidine groups is 1. The van der Waals surface area contributed by atoms with E-state index in [0.29, 0.717) is 6.42 Å². The number of rotatable bonds is 3. The summed E-state index contributed by atoms with van der Waals surface area (Å²) < 4.78 is 0. The first-order valence-electron chi connectivity index (χ1n) is 6.36. The van der Waals surface area contributed by atoms with Gasteiger partial charge in [0.05, 0.1) is 0 Å². The fraction of sp³-hybridized carbons (Fsp3) is 0.200. The van der Waals surface area contributed by atoms with Crippen molar-refractivity contribution in [2.45, 2.75) is 18.9 Å². The normalized spacial score (nSPS) is 21.6. The molecule has 0 radical (unpaired) electrons. The predicted octanol–water partition coefficient (Wildman–Crippen LogP) is 1.94. The molecule has 1 amide bonds. The number of nitrogens with two attached hydrogens (primary N) is 1. The molecule has 1 aliphatic heterocycles. The van der Waals surface area contributed by atoms with Gasteiger partial charge in [0.15, 0.2) is 11.5 Å². The van der Waals surface area contributed by atoms with Gasteiger partial charge in [0.1, 0.15) is 0 Å². The summed E-state index contributed by atoms with van der Waals surface area (Å²) in [6, 6.07) is 11.9. The van der Waals surface area contributed by atoms with E-state index < -0.39 is 5.54 Å². The Bertz CT molecular complexity index is 661. The molecule has 1 aromatic carbocycles. The molecule has 0 saturated carbocycles. The maximum Gasteiger partial charge on any atom is 0.259 e. The lowest BCUT2D eigenvalue weighted by Gasteiger charge is -2.23. The van der Waals surface area contributed by atoms with E-state index in [1.165, 1.54) is 0 Å². The molecule has 5 heteroatoms. The fourth-order valence-corrected chi connectivity index (χ4v) is 3.20. The highest BCUT2D eigenvalue weighted by molar-refractivity contribution is 7.09. The Labute approximate surface area is 121 Å². The van der Waals surface area contributed by atoms with Crippen molar-refractivity contribution in [2.75, 3.05) is 0 Å². The molecule has 0 unspecified atom stereocenters. The van der Waals surface area contributed by atoms with E-state index in [1.807, 2.05) is 48.7 Å². The molecular formula is C15H15N3OS. The molecule has 0 spiro atoms. The molecule has 3 N–H and O–H groups in total. The van der Waals surface area contributed by atoms with Crippen molar-refractivity contribution < 1.29 is 4.79 Å². The average Bonchev–Trinajstić information content (AvgIpc) is 3.00. The number of hydrogen-bond donors (Lipinski definition) is 2. The lowest BCUT2D eigenvalue weighted by atomic mass is 9.86. The molecule has 20 heavy (non-hydrogen) atoms. The van der Waals surface area contributed by atoms with Crippen LogP contribution >= 0.6 is 11.3 Å². The van der Waals surface area contributed by atoms with Gasteiger partial charge in [-0.05, 0) is 23.9 Å². The minimum absolute atomic E-state index is 0.160. The van der Waals surface area contributed by atoms with Gasteiger partial charge < -0.3 is 5.73 Å². The van der Waals surface area contributed by atoms with Crippen LogP contribution in [0.4, 0.5) is 0 Å². The maximum atomic E-state index is 12.4. The standard InChI is InChI=1S/C15H15N3OS/c1-10-4-6-11(7-5-10)15(9-12-3-2-8-20-12)13(19)17-14(16)18-15/h2-8H,9H2,1H3,(H3,16,17,18,19)/t15-/m1/s1. The van der Waals surface area contributed by atoms with Gasteiger partial charge in [-0.3, -0.25) is 10.1 Å². The van der Waals surface area contributed by atoms with Crippen LogP contribution in [0.15, 0.2) is 46.8 Å². The van der Waals surface area contributed by atoms with Crippen LogP contribution in [0, 0.1) is 6.92 Å². The lowest BCUT2D eigenvalue weighted by Crippen LogP contribution is -2.40. The Morgan fingerprint density at radius 2 is 2.05 bits per heavy atom. The Morgan fingerprint density at radius 1 is 1.30 bits per heavy atom. The SMILES string of the molecule is Cc1ccc([C@@]2(Cc3cccs3)N=C(N)NC2=O)cc1. The van der Waals surface area contributed by atoms with Crippen molar-refractivity contribution >= 4 is 23.2 Å². The van der Waals surface area contributed by atoms with Gasteiger partial charge in [-0.2, -0.15) is 0 Å². The summed E-state index contributed by atoms with van der Waals surface area (Å²) in [5.41, 5.74) is 6.79. The molecule has 2 heterocycles. The number of aryl methyl sites for hydroxylation is 1. The largest absolute Gasteiger partial charge is 0.370 e. The number of nitrogens with zero attached hydrogens (tertiary/aromatic N) is 1. The second-order valence-corrected chi connectivity index (χ2v) is 5.97. The molecule has 2 aromatic rings. The molecule has 0 bridgehead atoms. The van der Waals surface area contributed by atoms with Crippen molar-refractivity contribution in [2.24, 2.45) is 10.7 Å². The predicted molar refractivity (Wildman–Crippen MR) is 80.6 cm³/mol. The van der Waals surface area contributed by atoms with Crippen LogP contribution in [0.3, 0.4) is 0 Å². The van der Waals surface area contributed by atoms with Gasteiger partial charge in [0, 0.05) is 11.3 Å². The van der Waals surface area contributed by atoms with Crippen LogP contribution in [0.25, 0.3) is 0 Å². The number of aliphatic imine (C=N–C) groups is 1. The van der Waals surface area contributed by atoms with E-state index >= 15 is 0 Å². The Kier molecular flexibility index (Phi) is 3.06. The van der Waals surface area contributed by atoms with E-state index in [1.54, 1.807) is 11.3 Å². The van der Waals surface area contributed by atoms with Gasteiger partial charge in [0.25, 0.3) is 5.91 Å². The summed E-state index contributed by atoms with van der Waals surface area (Å²) in [6.45, 7) is 2.02. The Hall–Kier alpha value is -2.14. The third-order valence-electron chi connectivity index (χ3n) is 3.47.